The maximum atomic E-state index is 4.01. The van der Waals surface area contributed by atoms with Gasteiger partial charge in [0.25, 0.3) is 0 Å². The van der Waals surface area contributed by atoms with Gasteiger partial charge in [-0.05, 0) is 47.5 Å². The number of thioether (sulfide) groups is 1. The zero-order valence-electron chi connectivity index (χ0n) is 9.92. The summed E-state index contributed by atoms with van der Waals surface area (Å²) in [5.74, 6) is 0.797. The molecule has 2 rings (SSSR count). The van der Waals surface area contributed by atoms with Gasteiger partial charge in [-0.25, -0.2) is 0 Å². The van der Waals surface area contributed by atoms with Gasteiger partial charge >= 0.3 is 0 Å². The number of aryl methyl sites for hydroxylation is 2. The molecule has 2 aromatic rings. The highest BCUT2D eigenvalue weighted by molar-refractivity contribution is 7.99. The molecule has 17 heavy (non-hydrogen) atoms. The molecule has 0 saturated heterocycles. The van der Waals surface area contributed by atoms with E-state index in [1.807, 2.05) is 12.1 Å². The number of aromatic nitrogens is 4. The summed E-state index contributed by atoms with van der Waals surface area (Å²) in [6, 6.07) is 6.19. The van der Waals surface area contributed by atoms with Crippen LogP contribution in [0.3, 0.4) is 0 Å². The monoisotopic (exact) mass is 246 g/mol. The average molecular weight is 246 g/mol. The molecular weight excluding hydrogens is 232 g/mol. The lowest BCUT2D eigenvalue weighted by Gasteiger charge is -2.06. The first-order valence-corrected chi connectivity index (χ1v) is 6.30. The fourth-order valence-electron chi connectivity index (χ4n) is 1.42. The van der Waals surface area contributed by atoms with Gasteiger partial charge in [-0.15, -0.1) is 11.7 Å². The van der Waals surface area contributed by atoms with E-state index < -0.39 is 0 Å². The van der Waals surface area contributed by atoms with E-state index in [4.69, 9.17) is 0 Å². The van der Waals surface area contributed by atoms with E-state index in [1.54, 1.807) is 16.4 Å². The van der Waals surface area contributed by atoms with Crippen molar-refractivity contribution in [2.75, 3.05) is 5.75 Å². The minimum atomic E-state index is 0.785. The molecule has 1 aromatic heterocycles. The molecule has 88 valence electrons. The van der Waals surface area contributed by atoms with Gasteiger partial charge in [-0.3, -0.25) is 0 Å². The molecule has 0 bridgehead atoms. The van der Waals surface area contributed by atoms with Crippen molar-refractivity contribution in [1.82, 2.24) is 20.2 Å². The second-order valence-corrected chi connectivity index (χ2v) is 4.73. The van der Waals surface area contributed by atoms with Crippen LogP contribution in [0.5, 0.6) is 0 Å². The Morgan fingerprint density at radius 1 is 1.35 bits per heavy atom. The summed E-state index contributed by atoms with van der Waals surface area (Å²) < 4.78 is 1.75. The molecule has 0 saturated carbocycles. The standard InChI is InChI=1S/C12H14N4S/c1-4-7-17-12-13-14-15-16(12)11-6-5-9(2)10(3)8-11/h4-6,8H,1,7H2,2-3H3. The third-order valence-electron chi connectivity index (χ3n) is 2.51. The minimum Gasteiger partial charge on any atom is -0.187 e. The lowest BCUT2D eigenvalue weighted by atomic mass is 10.1. The molecule has 0 N–H and O–H groups in total. The Morgan fingerprint density at radius 2 is 2.18 bits per heavy atom. The van der Waals surface area contributed by atoms with Crippen LogP contribution < -0.4 is 0 Å². The Balaban J connectivity index is 2.35. The number of hydrogen-bond acceptors (Lipinski definition) is 4. The smallest absolute Gasteiger partial charge is 0.187 e. The van der Waals surface area contributed by atoms with Crippen LogP contribution in [0.2, 0.25) is 0 Å². The van der Waals surface area contributed by atoms with Crippen LogP contribution in [-0.2, 0) is 0 Å². The highest BCUT2D eigenvalue weighted by atomic mass is 32.2. The van der Waals surface area contributed by atoms with Crippen LogP contribution in [0.25, 0.3) is 5.69 Å². The summed E-state index contributed by atoms with van der Waals surface area (Å²) in [4.78, 5) is 0. The molecule has 0 unspecified atom stereocenters. The van der Waals surface area contributed by atoms with E-state index in [2.05, 4.69) is 48.1 Å². The average Bonchev–Trinajstić information content (AvgIpc) is 2.78. The van der Waals surface area contributed by atoms with E-state index >= 15 is 0 Å². The van der Waals surface area contributed by atoms with Crippen LogP contribution in [0.4, 0.5) is 0 Å². The van der Waals surface area contributed by atoms with Gasteiger partial charge in [-0.1, -0.05) is 23.9 Å². The van der Waals surface area contributed by atoms with Gasteiger partial charge in [0.15, 0.2) is 0 Å². The number of rotatable bonds is 4. The number of hydrogen-bond donors (Lipinski definition) is 0. The normalized spacial score (nSPS) is 10.5. The Kier molecular flexibility index (Phi) is 3.58. The first-order valence-electron chi connectivity index (χ1n) is 5.32. The zero-order chi connectivity index (χ0) is 12.3. The van der Waals surface area contributed by atoms with Crippen LogP contribution in [-0.4, -0.2) is 26.0 Å². The molecule has 1 heterocycles. The maximum Gasteiger partial charge on any atom is 0.214 e. The highest BCUT2D eigenvalue weighted by Gasteiger charge is 2.08. The summed E-state index contributed by atoms with van der Waals surface area (Å²) in [6.07, 6.45) is 1.84. The van der Waals surface area contributed by atoms with Crippen molar-refractivity contribution >= 4 is 11.8 Å². The first-order chi connectivity index (χ1) is 8.22. The summed E-state index contributed by atoms with van der Waals surface area (Å²) in [7, 11) is 0. The predicted molar refractivity (Wildman–Crippen MR) is 69.5 cm³/mol. The van der Waals surface area contributed by atoms with Crippen molar-refractivity contribution in [2.24, 2.45) is 0 Å². The Bertz CT molecular complexity index is 533. The van der Waals surface area contributed by atoms with Crippen LogP contribution in [0.15, 0.2) is 36.0 Å². The van der Waals surface area contributed by atoms with Gasteiger partial charge in [-0.2, -0.15) is 4.68 Å². The van der Waals surface area contributed by atoms with Crippen LogP contribution >= 0.6 is 11.8 Å². The molecule has 1 aromatic carbocycles. The third-order valence-corrected chi connectivity index (χ3v) is 3.42. The molecule has 0 aliphatic rings. The lowest BCUT2D eigenvalue weighted by Crippen LogP contribution is -2.00. The van der Waals surface area contributed by atoms with Crippen molar-refractivity contribution in [1.29, 1.82) is 0 Å². The van der Waals surface area contributed by atoms with E-state index in [1.165, 1.54) is 11.1 Å². The fourth-order valence-corrected chi connectivity index (χ4v) is 2.05. The molecule has 0 spiro atoms. The number of tetrazole rings is 1. The summed E-state index contributed by atoms with van der Waals surface area (Å²) in [6.45, 7) is 7.86. The fraction of sp³-hybridized carbons (Fsp3) is 0.250. The lowest BCUT2D eigenvalue weighted by molar-refractivity contribution is 0.755. The Hall–Kier alpha value is -1.62. The number of nitrogens with zero attached hydrogens (tertiary/aromatic N) is 4. The molecular formula is C12H14N4S. The van der Waals surface area contributed by atoms with E-state index in [-0.39, 0.29) is 0 Å². The molecule has 5 heteroatoms. The number of benzene rings is 1. The van der Waals surface area contributed by atoms with Gasteiger partial charge in [0, 0.05) is 5.75 Å². The summed E-state index contributed by atoms with van der Waals surface area (Å²) in [5, 5.41) is 12.5. The molecule has 0 atom stereocenters. The van der Waals surface area contributed by atoms with E-state index in [0.717, 1.165) is 16.6 Å². The zero-order valence-corrected chi connectivity index (χ0v) is 10.7. The van der Waals surface area contributed by atoms with Crippen molar-refractivity contribution in [3.05, 3.63) is 42.0 Å². The largest absolute Gasteiger partial charge is 0.214 e. The second kappa shape index (κ2) is 5.14. The van der Waals surface area contributed by atoms with Crippen LogP contribution in [0, 0.1) is 13.8 Å². The second-order valence-electron chi connectivity index (χ2n) is 3.74. The Morgan fingerprint density at radius 3 is 2.88 bits per heavy atom. The van der Waals surface area contributed by atoms with Gasteiger partial charge in [0.1, 0.15) is 0 Å². The van der Waals surface area contributed by atoms with E-state index in [9.17, 15) is 0 Å². The molecule has 0 aliphatic heterocycles. The maximum absolute atomic E-state index is 4.01. The molecule has 0 amide bonds. The molecule has 0 fully saturated rings. The van der Waals surface area contributed by atoms with Gasteiger partial charge in [0.2, 0.25) is 5.16 Å². The quantitative estimate of drug-likeness (QED) is 0.614. The minimum absolute atomic E-state index is 0.785. The third kappa shape index (κ3) is 2.55. The van der Waals surface area contributed by atoms with Gasteiger partial charge < -0.3 is 0 Å². The Labute approximate surface area is 105 Å². The topological polar surface area (TPSA) is 43.6 Å². The van der Waals surface area contributed by atoms with Crippen molar-refractivity contribution in [2.45, 2.75) is 19.0 Å². The first kappa shape index (κ1) is 11.9. The van der Waals surface area contributed by atoms with E-state index in [0.29, 0.717) is 0 Å². The van der Waals surface area contributed by atoms with Crippen molar-refractivity contribution < 1.29 is 0 Å². The molecule has 0 aliphatic carbocycles. The van der Waals surface area contributed by atoms with Crippen molar-refractivity contribution in [3.8, 4) is 5.69 Å². The van der Waals surface area contributed by atoms with Gasteiger partial charge in [0.05, 0.1) is 5.69 Å². The molecule has 0 radical (unpaired) electrons. The van der Waals surface area contributed by atoms with Crippen LogP contribution in [0.1, 0.15) is 11.1 Å². The highest BCUT2D eigenvalue weighted by Crippen LogP contribution is 2.19. The SMILES string of the molecule is C=CCSc1nnnn1-c1ccc(C)c(C)c1. The van der Waals surface area contributed by atoms with Crippen molar-refractivity contribution in [3.63, 3.8) is 0 Å². The molecule has 4 nitrogen and oxygen atoms in total. The summed E-state index contributed by atoms with van der Waals surface area (Å²) in [5.41, 5.74) is 3.49. The predicted octanol–water partition coefficient (Wildman–Crippen LogP) is 2.56. The summed E-state index contributed by atoms with van der Waals surface area (Å²) >= 11 is 1.57.